The summed E-state index contributed by atoms with van der Waals surface area (Å²) in [7, 11) is 1.48. The van der Waals surface area contributed by atoms with Crippen molar-refractivity contribution < 1.29 is 19.5 Å². The number of aliphatic carboxylic acids is 1. The summed E-state index contributed by atoms with van der Waals surface area (Å²) < 4.78 is 0. The van der Waals surface area contributed by atoms with Crippen LogP contribution in [0.2, 0.25) is 0 Å². The van der Waals surface area contributed by atoms with Crippen LogP contribution in [-0.4, -0.2) is 47.1 Å². The maximum absolute atomic E-state index is 12.9. The molecule has 9 heteroatoms. The molecule has 3 aromatic carbocycles. The zero-order valence-corrected chi connectivity index (χ0v) is 19.0. The van der Waals surface area contributed by atoms with E-state index in [1.807, 2.05) is 0 Å². The summed E-state index contributed by atoms with van der Waals surface area (Å²) in [5.41, 5.74) is 12.0. The van der Waals surface area contributed by atoms with Crippen LogP contribution in [-0.2, 0) is 21.8 Å². The maximum atomic E-state index is 12.9. The first kappa shape index (κ1) is 24.6. The third kappa shape index (κ3) is 4.95. The number of carbonyl (C=O) groups is 3. The molecule has 34 heavy (non-hydrogen) atoms. The van der Waals surface area contributed by atoms with Gasteiger partial charge in [-0.2, -0.15) is 0 Å². The Morgan fingerprint density at radius 3 is 2.35 bits per heavy atom. The number of amides is 1. The third-order valence-corrected chi connectivity index (χ3v) is 5.67. The fourth-order valence-electron chi connectivity index (χ4n) is 3.76. The molecular weight excluding hydrogens is 434 g/mol. The molecule has 7 N–H and O–H groups in total. The van der Waals surface area contributed by atoms with Crippen LogP contribution in [0.15, 0.2) is 60.7 Å². The van der Waals surface area contributed by atoms with Crippen molar-refractivity contribution in [2.75, 3.05) is 13.6 Å². The summed E-state index contributed by atoms with van der Waals surface area (Å²) in [6, 6.07) is 17.0. The maximum Gasteiger partial charge on any atom is 0.343 e. The first-order valence-corrected chi connectivity index (χ1v) is 10.5. The molecule has 3 rings (SSSR count). The van der Waals surface area contributed by atoms with Gasteiger partial charge in [0.15, 0.2) is 5.66 Å². The summed E-state index contributed by atoms with van der Waals surface area (Å²) in [6.45, 7) is 1.52. The smallest absolute Gasteiger partial charge is 0.343 e. The monoisotopic (exact) mass is 461 g/mol. The molecule has 0 aromatic heterocycles. The van der Waals surface area contributed by atoms with Crippen LogP contribution in [0.25, 0.3) is 10.8 Å². The molecule has 0 saturated carbocycles. The number of carbonyl (C=O) groups excluding carboxylic acids is 2. The highest BCUT2D eigenvalue weighted by molar-refractivity contribution is 6.07. The van der Waals surface area contributed by atoms with E-state index in [-0.39, 0.29) is 30.6 Å². The Morgan fingerprint density at radius 1 is 1.09 bits per heavy atom. The van der Waals surface area contributed by atoms with Crippen LogP contribution in [0.4, 0.5) is 0 Å². The fourth-order valence-corrected chi connectivity index (χ4v) is 3.76. The molecule has 0 aliphatic rings. The lowest BCUT2D eigenvalue weighted by Gasteiger charge is -2.34. The Kier molecular flexibility index (Phi) is 7.09. The van der Waals surface area contributed by atoms with Gasteiger partial charge in [0.2, 0.25) is 0 Å². The molecule has 1 atom stereocenters. The van der Waals surface area contributed by atoms with Gasteiger partial charge in [0.1, 0.15) is 11.6 Å². The van der Waals surface area contributed by atoms with E-state index in [0.29, 0.717) is 27.5 Å². The summed E-state index contributed by atoms with van der Waals surface area (Å²) in [5, 5.41) is 21.4. The van der Waals surface area contributed by atoms with Gasteiger partial charge in [-0.3, -0.25) is 25.6 Å². The number of benzene rings is 3. The Hall–Kier alpha value is -4.08. The SMILES string of the molecule is CC(=O)CN(C)C(N)(C(=O)O)c1ccc2c(C(=O)NCc3ccc(C(=N)N)cc3)cccc2c1. The number of nitrogen functional groups attached to an aromatic ring is 1. The summed E-state index contributed by atoms with van der Waals surface area (Å²) in [4.78, 5) is 37.8. The molecule has 0 fully saturated rings. The topological polar surface area (TPSA) is 163 Å². The molecule has 0 heterocycles. The number of nitrogens with one attached hydrogen (secondary N) is 2. The lowest BCUT2D eigenvalue weighted by molar-refractivity contribution is -0.151. The third-order valence-electron chi connectivity index (χ3n) is 5.67. The molecule has 0 aliphatic heterocycles. The number of nitrogens with two attached hydrogens (primary N) is 2. The number of hydrogen-bond donors (Lipinski definition) is 5. The number of rotatable bonds is 9. The van der Waals surface area contributed by atoms with Crippen LogP contribution < -0.4 is 16.8 Å². The van der Waals surface area contributed by atoms with Crippen molar-refractivity contribution in [1.82, 2.24) is 10.2 Å². The lowest BCUT2D eigenvalue weighted by atomic mass is 9.93. The van der Waals surface area contributed by atoms with Gasteiger partial charge in [0, 0.05) is 17.7 Å². The average molecular weight is 462 g/mol. The van der Waals surface area contributed by atoms with Gasteiger partial charge in [-0.1, -0.05) is 48.5 Å². The number of hydrogen-bond acceptors (Lipinski definition) is 6. The molecule has 0 bridgehead atoms. The Labute approximate surface area is 196 Å². The van der Waals surface area contributed by atoms with E-state index >= 15 is 0 Å². The van der Waals surface area contributed by atoms with E-state index in [0.717, 1.165) is 5.56 Å². The van der Waals surface area contributed by atoms with Crippen LogP contribution >= 0.6 is 0 Å². The molecule has 0 radical (unpaired) electrons. The highest BCUT2D eigenvalue weighted by Crippen LogP contribution is 2.28. The second kappa shape index (κ2) is 9.82. The molecule has 0 saturated heterocycles. The van der Waals surface area contributed by atoms with Crippen LogP contribution in [0.3, 0.4) is 0 Å². The van der Waals surface area contributed by atoms with Gasteiger partial charge in [0.25, 0.3) is 5.91 Å². The zero-order chi connectivity index (χ0) is 25.0. The minimum absolute atomic E-state index is 0.0254. The number of Topliss-reactive ketones (excluding diaryl/α,β-unsaturated/α-hetero) is 1. The molecule has 176 valence electrons. The Balaban J connectivity index is 1.88. The predicted octanol–water partition coefficient (Wildman–Crippen LogP) is 1.77. The Morgan fingerprint density at radius 2 is 1.76 bits per heavy atom. The van der Waals surface area contributed by atoms with E-state index in [1.54, 1.807) is 60.7 Å². The number of nitrogens with zero attached hydrogens (tertiary/aromatic N) is 1. The molecule has 0 aliphatic carbocycles. The van der Waals surface area contributed by atoms with Crippen LogP contribution in [0.5, 0.6) is 0 Å². The van der Waals surface area contributed by atoms with Crippen molar-refractivity contribution in [3.63, 3.8) is 0 Å². The lowest BCUT2D eigenvalue weighted by Crippen LogP contribution is -2.58. The predicted molar refractivity (Wildman–Crippen MR) is 129 cm³/mol. The number of carboxylic acids is 1. The van der Waals surface area contributed by atoms with E-state index in [4.69, 9.17) is 16.9 Å². The largest absolute Gasteiger partial charge is 0.479 e. The molecule has 1 amide bonds. The van der Waals surface area contributed by atoms with E-state index in [1.165, 1.54) is 18.9 Å². The van der Waals surface area contributed by atoms with Gasteiger partial charge >= 0.3 is 5.97 Å². The molecule has 9 nitrogen and oxygen atoms in total. The van der Waals surface area contributed by atoms with Gasteiger partial charge < -0.3 is 16.2 Å². The number of fused-ring (bicyclic) bond motifs is 1. The average Bonchev–Trinajstić information content (AvgIpc) is 2.80. The van der Waals surface area contributed by atoms with Gasteiger partial charge in [-0.05, 0) is 48.0 Å². The molecule has 0 spiro atoms. The molecule has 3 aromatic rings. The van der Waals surface area contributed by atoms with Crippen LogP contribution in [0.1, 0.15) is 34.0 Å². The van der Waals surface area contributed by atoms with Crippen molar-refractivity contribution in [3.8, 4) is 0 Å². The van der Waals surface area contributed by atoms with Crippen molar-refractivity contribution >= 4 is 34.3 Å². The highest BCUT2D eigenvalue weighted by atomic mass is 16.4. The van der Waals surface area contributed by atoms with Gasteiger partial charge in [-0.25, -0.2) is 4.79 Å². The summed E-state index contributed by atoms with van der Waals surface area (Å²) >= 11 is 0. The first-order valence-electron chi connectivity index (χ1n) is 10.5. The van der Waals surface area contributed by atoms with Crippen molar-refractivity contribution in [1.29, 1.82) is 5.41 Å². The molecule has 1 unspecified atom stereocenters. The van der Waals surface area contributed by atoms with E-state index in [2.05, 4.69) is 5.32 Å². The summed E-state index contributed by atoms with van der Waals surface area (Å²) in [6.07, 6.45) is 0. The first-order chi connectivity index (χ1) is 16.0. The minimum atomic E-state index is -1.91. The number of likely N-dealkylation sites (N-methyl/N-ethyl adjacent to an activating group) is 1. The number of carboxylic acid groups (broad SMARTS) is 1. The number of amidine groups is 1. The van der Waals surface area contributed by atoms with Gasteiger partial charge in [0.05, 0.1) is 6.54 Å². The fraction of sp³-hybridized carbons (Fsp3) is 0.200. The normalized spacial score (nSPS) is 12.8. The van der Waals surface area contributed by atoms with E-state index < -0.39 is 11.6 Å². The van der Waals surface area contributed by atoms with Crippen molar-refractivity contribution in [3.05, 3.63) is 82.9 Å². The molecular formula is C25H27N5O4. The minimum Gasteiger partial charge on any atom is -0.479 e. The quantitative estimate of drug-likeness (QED) is 0.184. The van der Waals surface area contributed by atoms with Crippen LogP contribution in [0, 0.1) is 5.41 Å². The van der Waals surface area contributed by atoms with Crippen molar-refractivity contribution in [2.45, 2.75) is 19.1 Å². The summed E-state index contributed by atoms with van der Waals surface area (Å²) in [5.74, 6) is -1.82. The second-order valence-corrected chi connectivity index (χ2v) is 8.16. The zero-order valence-electron chi connectivity index (χ0n) is 19.0. The second-order valence-electron chi connectivity index (χ2n) is 8.16. The number of ketones is 1. The highest BCUT2D eigenvalue weighted by Gasteiger charge is 2.41. The van der Waals surface area contributed by atoms with Crippen molar-refractivity contribution in [2.24, 2.45) is 11.5 Å². The Bertz CT molecular complexity index is 1270. The standard InChI is InChI=1S/C25H27N5O4/c1-15(31)14-30(2)25(28,24(33)34)19-10-11-20-18(12-19)4-3-5-21(20)23(32)29-13-16-6-8-17(9-7-16)22(26)27/h3-12H,13-14,28H2,1-2H3,(H3,26,27)(H,29,32)(H,33,34). The van der Waals surface area contributed by atoms with E-state index in [9.17, 15) is 19.5 Å². The van der Waals surface area contributed by atoms with Gasteiger partial charge in [-0.15, -0.1) is 0 Å².